The zero-order valence-corrected chi connectivity index (χ0v) is 27.0. The summed E-state index contributed by atoms with van der Waals surface area (Å²) in [6.07, 6.45) is 12.6. The quantitative estimate of drug-likeness (QED) is 0.198. The lowest BCUT2D eigenvalue weighted by molar-refractivity contribution is 0.659. The minimum atomic E-state index is 0.00902. The first-order valence-corrected chi connectivity index (χ1v) is 16.4. The van der Waals surface area contributed by atoms with E-state index in [1.165, 1.54) is 77.2 Å². The first-order chi connectivity index (χ1) is 21.7. The molecule has 0 heterocycles. The predicted molar refractivity (Wildman–Crippen MR) is 193 cm³/mol. The lowest BCUT2D eigenvalue weighted by Gasteiger charge is -2.22. The van der Waals surface area contributed by atoms with Gasteiger partial charge in [-0.2, -0.15) is 0 Å². The number of fused-ring (bicyclic) bond motifs is 7. The second-order valence-electron chi connectivity index (χ2n) is 14.2. The molecule has 0 heteroatoms. The van der Waals surface area contributed by atoms with Crippen LogP contribution in [0.4, 0.5) is 0 Å². The van der Waals surface area contributed by atoms with Crippen LogP contribution in [0.2, 0.25) is 0 Å². The number of allylic oxidation sites excluding steroid dienone is 3. The zero-order valence-electron chi connectivity index (χ0n) is 27.0. The second kappa shape index (κ2) is 10.2. The lowest BCUT2D eigenvalue weighted by atomic mass is 9.81. The van der Waals surface area contributed by atoms with Crippen LogP contribution in [-0.2, 0) is 17.3 Å². The molecule has 3 aliphatic rings. The minimum absolute atomic E-state index is 0.00902. The summed E-state index contributed by atoms with van der Waals surface area (Å²) in [6.45, 7) is 11.8. The lowest BCUT2D eigenvalue weighted by Crippen LogP contribution is -2.24. The highest BCUT2D eigenvalue weighted by molar-refractivity contribution is 5.85. The van der Waals surface area contributed by atoms with Crippen LogP contribution in [0.3, 0.4) is 0 Å². The monoisotopic (exact) mass is 580 g/mol. The molecule has 0 amide bonds. The molecule has 0 aromatic heterocycles. The van der Waals surface area contributed by atoms with Crippen molar-refractivity contribution in [1.29, 1.82) is 0 Å². The molecule has 5 aromatic carbocycles. The highest BCUT2D eigenvalue weighted by Gasteiger charge is 2.36. The van der Waals surface area contributed by atoms with Crippen molar-refractivity contribution in [3.8, 4) is 22.3 Å². The summed E-state index contributed by atoms with van der Waals surface area (Å²) >= 11 is 0. The molecule has 45 heavy (non-hydrogen) atoms. The van der Waals surface area contributed by atoms with Crippen LogP contribution in [0, 0.1) is 5.92 Å². The van der Waals surface area contributed by atoms with Gasteiger partial charge in [0.15, 0.2) is 0 Å². The molecule has 8 rings (SSSR count). The molecular formula is C45H40. The molecule has 0 N–H and O–H groups in total. The Morgan fingerprint density at radius 1 is 0.578 bits per heavy atom. The van der Waals surface area contributed by atoms with Crippen molar-refractivity contribution in [1.82, 2.24) is 0 Å². The molecule has 0 fully saturated rings. The van der Waals surface area contributed by atoms with Crippen LogP contribution in [0.1, 0.15) is 73.6 Å². The minimum Gasteiger partial charge on any atom is -0.0795 e. The summed E-state index contributed by atoms with van der Waals surface area (Å²) < 4.78 is 0. The third-order valence-electron chi connectivity index (χ3n) is 10.7. The smallest absolute Gasteiger partial charge is 0.0159 e. The molecule has 1 atom stereocenters. The summed E-state index contributed by atoms with van der Waals surface area (Å²) in [5, 5.41) is 2.59. The summed E-state index contributed by atoms with van der Waals surface area (Å²) in [6, 6.07) is 38.8. The van der Waals surface area contributed by atoms with E-state index in [1.807, 2.05) is 0 Å². The van der Waals surface area contributed by atoms with E-state index in [-0.39, 0.29) is 10.8 Å². The standard InChI is InChI=1S/C45H40/c1-29-25-34-26-30(11-10-12-31-18-22-38-36-13-6-8-15-40(36)44(2,3)42(38)27-31)17-19-32(34)20-23-35(29)33-21-24-39-37-14-7-9-16-41(37)45(4,5)43(39)28-33/h6-11,13-29H,12H2,1-5H3/b11-10-. The Bertz CT molecular complexity index is 2200. The fourth-order valence-electron chi connectivity index (χ4n) is 8.14. The second-order valence-corrected chi connectivity index (χ2v) is 14.2. The Morgan fingerprint density at radius 3 is 1.91 bits per heavy atom. The van der Waals surface area contributed by atoms with Crippen molar-refractivity contribution in [2.45, 2.75) is 51.9 Å². The first kappa shape index (κ1) is 27.8. The van der Waals surface area contributed by atoms with Gasteiger partial charge in [0.1, 0.15) is 0 Å². The Labute approximate surface area is 267 Å². The van der Waals surface area contributed by atoms with E-state index in [9.17, 15) is 0 Å². The Kier molecular flexibility index (Phi) is 6.30. The molecule has 0 bridgehead atoms. The van der Waals surface area contributed by atoms with Crippen LogP contribution >= 0.6 is 0 Å². The molecule has 3 aliphatic carbocycles. The van der Waals surface area contributed by atoms with Gasteiger partial charge in [0.2, 0.25) is 0 Å². The third-order valence-corrected chi connectivity index (χ3v) is 10.7. The topological polar surface area (TPSA) is 0 Å². The van der Waals surface area contributed by atoms with Gasteiger partial charge in [-0.25, -0.2) is 0 Å². The molecule has 0 radical (unpaired) electrons. The molecular weight excluding hydrogens is 540 g/mol. The van der Waals surface area contributed by atoms with Crippen LogP contribution < -0.4 is 10.4 Å². The molecule has 0 aliphatic heterocycles. The van der Waals surface area contributed by atoms with Gasteiger partial charge in [0.25, 0.3) is 0 Å². The zero-order chi connectivity index (χ0) is 30.9. The third kappa shape index (κ3) is 4.42. The van der Waals surface area contributed by atoms with E-state index in [2.05, 4.69) is 168 Å². The van der Waals surface area contributed by atoms with E-state index in [4.69, 9.17) is 0 Å². The van der Waals surface area contributed by atoms with Gasteiger partial charge < -0.3 is 0 Å². The number of hydrogen-bond donors (Lipinski definition) is 0. The molecule has 0 saturated heterocycles. The van der Waals surface area contributed by atoms with Gasteiger partial charge in [-0.3, -0.25) is 0 Å². The highest BCUT2D eigenvalue weighted by atomic mass is 14.4. The molecule has 220 valence electrons. The van der Waals surface area contributed by atoms with Gasteiger partial charge in [-0.15, -0.1) is 0 Å². The average Bonchev–Trinajstić information content (AvgIpc) is 3.32. The van der Waals surface area contributed by atoms with E-state index < -0.39 is 0 Å². The Morgan fingerprint density at radius 2 is 1.20 bits per heavy atom. The summed E-state index contributed by atoms with van der Waals surface area (Å²) in [4.78, 5) is 0. The number of benzene rings is 5. The van der Waals surface area contributed by atoms with Gasteiger partial charge in [-0.1, -0.05) is 156 Å². The average molecular weight is 581 g/mol. The molecule has 0 saturated carbocycles. The van der Waals surface area contributed by atoms with E-state index in [0.29, 0.717) is 5.92 Å². The molecule has 1 unspecified atom stereocenters. The molecule has 5 aromatic rings. The maximum atomic E-state index is 2.45. The summed E-state index contributed by atoms with van der Waals surface area (Å²) in [5.74, 6) is 0.311. The fourth-order valence-corrected chi connectivity index (χ4v) is 8.14. The molecule has 0 nitrogen and oxygen atoms in total. The van der Waals surface area contributed by atoms with Crippen LogP contribution in [0.25, 0.3) is 46.1 Å². The van der Waals surface area contributed by atoms with Gasteiger partial charge in [0.05, 0.1) is 0 Å². The van der Waals surface area contributed by atoms with Crippen molar-refractivity contribution in [3.05, 3.63) is 165 Å². The van der Waals surface area contributed by atoms with Crippen LogP contribution in [0.15, 0.2) is 115 Å². The SMILES string of the molecule is CC1C=c2cc(/C=C\Cc3ccc4c(c3)C(C)(C)c3ccccc3-4)ccc2=CC=C1c1ccc2c(c1)C(C)(C)c1ccccc1-2. The predicted octanol–water partition coefficient (Wildman–Crippen LogP) is 9.85. The fraction of sp³-hybridized carbons (Fsp3) is 0.200. The van der Waals surface area contributed by atoms with E-state index in [0.717, 1.165) is 6.42 Å². The van der Waals surface area contributed by atoms with Crippen molar-refractivity contribution in [2.24, 2.45) is 5.92 Å². The van der Waals surface area contributed by atoms with Crippen molar-refractivity contribution in [2.75, 3.05) is 0 Å². The van der Waals surface area contributed by atoms with Crippen molar-refractivity contribution in [3.63, 3.8) is 0 Å². The molecule has 0 spiro atoms. The van der Waals surface area contributed by atoms with Crippen LogP contribution in [-0.4, -0.2) is 0 Å². The normalized spacial score (nSPS) is 18.1. The van der Waals surface area contributed by atoms with E-state index >= 15 is 0 Å². The van der Waals surface area contributed by atoms with E-state index in [1.54, 1.807) is 0 Å². The maximum Gasteiger partial charge on any atom is 0.0159 e. The summed E-state index contributed by atoms with van der Waals surface area (Å²) in [7, 11) is 0. The highest BCUT2D eigenvalue weighted by Crippen LogP contribution is 2.50. The van der Waals surface area contributed by atoms with Gasteiger partial charge >= 0.3 is 0 Å². The van der Waals surface area contributed by atoms with Gasteiger partial charge in [-0.05, 0) is 95.8 Å². The first-order valence-electron chi connectivity index (χ1n) is 16.4. The Balaban J connectivity index is 1.04. The maximum absolute atomic E-state index is 2.45. The van der Waals surface area contributed by atoms with Gasteiger partial charge in [0, 0.05) is 16.7 Å². The van der Waals surface area contributed by atoms with Crippen molar-refractivity contribution < 1.29 is 0 Å². The number of rotatable bonds is 4. The summed E-state index contributed by atoms with van der Waals surface area (Å²) in [5.41, 5.74) is 16.6. The Hall–Kier alpha value is -4.68. The number of hydrogen-bond acceptors (Lipinski definition) is 0. The van der Waals surface area contributed by atoms with Crippen molar-refractivity contribution >= 4 is 23.8 Å². The largest absolute Gasteiger partial charge is 0.0795 e. The van der Waals surface area contributed by atoms with Crippen LogP contribution in [0.5, 0.6) is 0 Å².